The van der Waals surface area contributed by atoms with Crippen LogP contribution in [0.25, 0.3) is 10.9 Å². The van der Waals surface area contributed by atoms with Crippen molar-refractivity contribution < 1.29 is 14.6 Å². The largest absolute Gasteiger partial charge is 0.480 e. The van der Waals surface area contributed by atoms with Gasteiger partial charge >= 0.3 is 5.97 Å². The number of nitrogens with zero attached hydrogens (tertiary/aromatic N) is 5. The van der Waals surface area contributed by atoms with Gasteiger partial charge in [0.2, 0.25) is 0 Å². The highest BCUT2D eigenvalue weighted by Gasteiger charge is 2.21. The normalized spacial score (nSPS) is 13.5. The van der Waals surface area contributed by atoms with E-state index in [1.54, 1.807) is 7.11 Å². The number of hydrogen-bond donors (Lipinski definition) is 4. The fourth-order valence-electron chi connectivity index (χ4n) is 6.24. The van der Waals surface area contributed by atoms with Gasteiger partial charge in [0.1, 0.15) is 24.0 Å². The SMILES string of the molecule is COCCN(CCCCc1ccc2c(n1)NCCN2CCCCCCCCCCN)CCC(Nc1ncnc2ccccc12)C(=O)O. The van der Waals surface area contributed by atoms with Gasteiger partial charge in [-0.15, -0.1) is 0 Å². The lowest BCUT2D eigenvalue weighted by Gasteiger charge is -2.31. The van der Waals surface area contributed by atoms with Crippen LogP contribution >= 0.6 is 0 Å². The average Bonchev–Trinajstić information content (AvgIpc) is 3.09. The van der Waals surface area contributed by atoms with E-state index < -0.39 is 12.0 Å². The number of unbranched alkanes of at least 4 members (excludes halogenated alkanes) is 8. The van der Waals surface area contributed by atoms with E-state index in [9.17, 15) is 9.90 Å². The molecule has 3 aromatic rings. The van der Waals surface area contributed by atoms with Crippen LogP contribution in [0.2, 0.25) is 0 Å². The number of ether oxygens (including phenoxy) is 1. The van der Waals surface area contributed by atoms with Crippen molar-refractivity contribution in [3.63, 3.8) is 0 Å². The molecule has 0 saturated heterocycles. The molecule has 0 amide bonds. The zero-order chi connectivity index (χ0) is 33.1. The highest BCUT2D eigenvalue weighted by Crippen LogP contribution is 2.28. The van der Waals surface area contributed by atoms with Gasteiger partial charge in [-0.05, 0) is 75.9 Å². The Bertz CT molecular complexity index is 1340. The number of hydrogen-bond acceptors (Lipinski definition) is 10. The zero-order valence-electron chi connectivity index (χ0n) is 28.3. The van der Waals surface area contributed by atoms with Crippen LogP contribution in [0.4, 0.5) is 17.3 Å². The minimum Gasteiger partial charge on any atom is -0.480 e. The van der Waals surface area contributed by atoms with Crippen molar-refractivity contribution in [1.29, 1.82) is 0 Å². The van der Waals surface area contributed by atoms with Crippen LogP contribution in [0.5, 0.6) is 0 Å². The number of aromatic nitrogens is 3. The van der Waals surface area contributed by atoms with Crippen molar-refractivity contribution in [1.82, 2.24) is 19.9 Å². The summed E-state index contributed by atoms with van der Waals surface area (Å²) in [7, 11) is 1.70. The number of carboxylic acid groups (broad SMARTS) is 1. The number of benzene rings is 1. The van der Waals surface area contributed by atoms with Gasteiger partial charge in [-0.3, -0.25) is 0 Å². The number of para-hydroxylation sites is 1. The molecule has 258 valence electrons. The Morgan fingerprint density at radius 3 is 2.57 bits per heavy atom. The van der Waals surface area contributed by atoms with Crippen LogP contribution in [0.15, 0.2) is 42.7 Å². The second-order valence-corrected chi connectivity index (χ2v) is 12.6. The second kappa shape index (κ2) is 20.6. The van der Waals surface area contributed by atoms with E-state index >= 15 is 0 Å². The first-order valence-electron chi connectivity index (χ1n) is 17.7. The molecule has 11 heteroatoms. The fraction of sp³-hybridized carbons (Fsp3) is 0.611. The first-order chi connectivity index (χ1) is 23.1. The molecule has 0 bridgehead atoms. The molecule has 4 rings (SSSR count). The molecule has 11 nitrogen and oxygen atoms in total. The van der Waals surface area contributed by atoms with Gasteiger partial charge in [-0.2, -0.15) is 0 Å². The monoisotopic (exact) mass is 648 g/mol. The number of rotatable bonds is 24. The molecule has 1 aromatic carbocycles. The predicted octanol–water partition coefficient (Wildman–Crippen LogP) is 5.56. The molecular formula is C36H56N8O3. The van der Waals surface area contributed by atoms with Gasteiger partial charge in [0.05, 0.1) is 17.8 Å². The third-order valence-corrected chi connectivity index (χ3v) is 8.98. The maximum absolute atomic E-state index is 12.2. The second-order valence-electron chi connectivity index (χ2n) is 12.6. The molecule has 5 N–H and O–H groups in total. The number of aryl methyl sites for hydroxylation is 1. The lowest BCUT2D eigenvalue weighted by molar-refractivity contribution is -0.138. The van der Waals surface area contributed by atoms with Crippen molar-refractivity contribution in [3.05, 3.63) is 48.4 Å². The van der Waals surface area contributed by atoms with E-state index in [1.807, 2.05) is 24.3 Å². The molecule has 47 heavy (non-hydrogen) atoms. The number of nitrogens with one attached hydrogen (secondary N) is 2. The van der Waals surface area contributed by atoms with Crippen LogP contribution < -0.4 is 21.3 Å². The van der Waals surface area contributed by atoms with Gasteiger partial charge in [0.15, 0.2) is 0 Å². The van der Waals surface area contributed by atoms with E-state index in [0.717, 1.165) is 87.4 Å². The van der Waals surface area contributed by atoms with Crippen LogP contribution in [-0.2, 0) is 16.0 Å². The Hall–Kier alpha value is -3.54. The van der Waals surface area contributed by atoms with Gasteiger partial charge in [-0.1, -0.05) is 50.7 Å². The highest BCUT2D eigenvalue weighted by molar-refractivity contribution is 5.90. The number of anilines is 3. The first-order valence-corrected chi connectivity index (χ1v) is 17.7. The highest BCUT2D eigenvalue weighted by atomic mass is 16.5. The van der Waals surface area contributed by atoms with E-state index in [-0.39, 0.29) is 0 Å². The smallest absolute Gasteiger partial charge is 0.326 e. The summed E-state index contributed by atoms with van der Waals surface area (Å²) in [5, 5.41) is 17.5. The topological polar surface area (TPSA) is 142 Å². The van der Waals surface area contributed by atoms with Crippen LogP contribution in [0, 0.1) is 0 Å². The maximum Gasteiger partial charge on any atom is 0.326 e. The molecule has 1 atom stereocenters. The summed E-state index contributed by atoms with van der Waals surface area (Å²) in [5.74, 6) is 0.663. The van der Waals surface area contributed by atoms with Gasteiger partial charge in [0, 0.05) is 50.9 Å². The average molecular weight is 649 g/mol. The molecule has 0 radical (unpaired) electrons. The number of methoxy groups -OCH3 is 1. The summed E-state index contributed by atoms with van der Waals surface area (Å²) in [5.41, 5.74) is 8.71. The zero-order valence-corrected chi connectivity index (χ0v) is 28.3. The Kier molecular flexibility index (Phi) is 15.9. The van der Waals surface area contributed by atoms with Crippen molar-refractivity contribution in [2.45, 2.75) is 83.1 Å². The van der Waals surface area contributed by atoms with E-state index in [0.29, 0.717) is 25.4 Å². The standard InChI is InChI=1S/C36H56N8O3/c1-47-27-26-43(24-19-32(36(45)46)42-34-30-15-8-9-16-31(30)39-28-40-34)22-13-10-14-29-17-18-33-35(41-29)38-21-25-44(33)23-12-7-5-3-2-4-6-11-20-37/h8-9,15-18,28,32H,2-7,10-14,19-27,37H2,1H3,(H,38,41)(H,45,46)(H,39,40,42). The molecule has 2 aromatic heterocycles. The van der Waals surface area contributed by atoms with E-state index in [1.165, 1.54) is 57.0 Å². The number of aliphatic carboxylic acids is 1. The fourth-order valence-corrected chi connectivity index (χ4v) is 6.24. The van der Waals surface area contributed by atoms with Crippen molar-refractivity contribution in [2.75, 3.05) is 75.1 Å². The molecule has 3 heterocycles. The number of carboxylic acids is 1. The molecule has 1 aliphatic heterocycles. The minimum atomic E-state index is -0.894. The summed E-state index contributed by atoms with van der Waals surface area (Å²) < 4.78 is 5.35. The number of pyridine rings is 1. The summed E-state index contributed by atoms with van der Waals surface area (Å²) in [6.07, 6.45) is 15.1. The molecule has 1 unspecified atom stereocenters. The summed E-state index contributed by atoms with van der Waals surface area (Å²) in [4.78, 5) is 30.5. The van der Waals surface area contributed by atoms with Gasteiger partial charge < -0.3 is 36.0 Å². The molecule has 0 spiro atoms. The predicted molar refractivity (Wildman–Crippen MR) is 191 cm³/mol. The van der Waals surface area contributed by atoms with Crippen LogP contribution in [0.3, 0.4) is 0 Å². The minimum absolute atomic E-state index is 0.446. The number of nitrogens with two attached hydrogens (primary N) is 1. The third kappa shape index (κ3) is 12.2. The van der Waals surface area contributed by atoms with Gasteiger partial charge in [0.25, 0.3) is 0 Å². The number of fused-ring (bicyclic) bond motifs is 2. The van der Waals surface area contributed by atoms with Crippen LogP contribution in [0.1, 0.15) is 76.3 Å². The van der Waals surface area contributed by atoms with Gasteiger partial charge in [-0.25, -0.2) is 19.7 Å². The summed E-state index contributed by atoms with van der Waals surface area (Å²) >= 11 is 0. The van der Waals surface area contributed by atoms with E-state index in [4.69, 9.17) is 15.5 Å². The Balaban J connectivity index is 1.20. The summed E-state index contributed by atoms with van der Waals surface area (Å²) in [6, 6.07) is 11.3. The lowest BCUT2D eigenvalue weighted by atomic mass is 10.1. The maximum atomic E-state index is 12.2. The molecule has 1 aliphatic rings. The number of carbonyl (C=O) groups is 1. The Morgan fingerprint density at radius 2 is 1.79 bits per heavy atom. The Morgan fingerprint density at radius 1 is 1.00 bits per heavy atom. The molecule has 0 fully saturated rings. The lowest BCUT2D eigenvalue weighted by Crippen LogP contribution is -2.37. The Labute approximate surface area is 280 Å². The molecular weight excluding hydrogens is 592 g/mol. The summed E-state index contributed by atoms with van der Waals surface area (Å²) in [6.45, 7) is 6.74. The van der Waals surface area contributed by atoms with Crippen LogP contribution in [-0.4, -0.2) is 96.5 Å². The van der Waals surface area contributed by atoms with Crippen molar-refractivity contribution >= 4 is 34.2 Å². The third-order valence-electron chi connectivity index (χ3n) is 8.98. The van der Waals surface area contributed by atoms with E-state index in [2.05, 4.69) is 42.5 Å². The van der Waals surface area contributed by atoms with Crippen molar-refractivity contribution in [2.24, 2.45) is 5.73 Å². The first kappa shape index (κ1) is 36.3. The van der Waals surface area contributed by atoms with Crippen molar-refractivity contribution in [3.8, 4) is 0 Å². The molecule has 0 saturated carbocycles. The molecule has 0 aliphatic carbocycles. The quantitative estimate of drug-likeness (QED) is 0.0907.